The Morgan fingerprint density at radius 2 is 1.77 bits per heavy atom. The molecule has 0 aliphatic heterocycles. The first-order valence-electron chi connectivity index (χ1n) is 7.58. The second-order valence-electron chi connectivity index (χ2n) is 5.05. The molecule has 0 heterocycles. The summed E-state index contributed by atoms with van der Waals surface area (Å²) in [6.45, 7) is -0.560. The molecule has 7 heteroatoms. The molecule has 134 valence electrons. The van der Waals surface area contributed by atoms with Gasteiger partial charge in [0.15, 0.2) is 6.61 Å². The maximum atomic E-state index is 13.4. The number of anilines is 1. The number of halogens is 1. The molecule has 0 aromatic heterocycles. The van der Waals surface area contributed by atoms with Crippen LogP contribution in [0.3, 0.4) is 0 Å². The third-order valence-corrected chi connectivity index (χ3v) is 3.26. The van der Waals surface area contributed by atoms with Gasteiger partial charge in [-0.2, -0.15) is 0 Å². The molecule has 2 rings (SSSR count). The molecule has 0 saturated heterocycles. The number of methoxy groups -OCH3 is 1. The number of carbonyl (C=O) groups excluding carboxylic acids is 3. The molecule has 0 fully saturated rings. The standard InChI is InChI=1S/C19H16FNO5/c1-25-19(24)14-7-3-5-9-16(14)21-17(22)12-26-18(23)11-10-13-6-2-4-8-15(13)20/h2-11H,12H2,1H3,(H,21,22)/b11-10+. The van der Waals surface area contributed by atoms with Gasteiger partial charge in [0.1, 0.15) is 5.82 Å². The van der Waals surface area contributed by atoms with Crippen LogP contribution in [0.2, 0.25) is 0 Å². The molecule has 0 spiro atoms. The van der Waals surface area contributed by atoms with Crippen molar-refractivity contribution in [1.29, 1.82) is 0 Å². The molecule has 0 atom stereocenters. The Labute approximate surface area is 149 Å². The molecular formula is C19H16FNO5. The van der Waals surface area contributed by atoms with Gasteiger partial charge in [-0.3, -0.25) is 4.79 Å². The number of hydrogen-bond donors (Lipinski definition) is 1. The van der Waals surface area contributed by atoms with E-state index in [1.165, 1.54) is 43.5 Å². The number of nitrogens with one attached hydrogen (secondary N) is 1. The van der Waals surface area contributed by atoms with E-state index in [1.807, 2.05) is 0 Å². The average Bonchev–Trinajstić information content (AvgIpc) is 2.65. The lowest BCUT2D eigenvalue weighted by Gasteiger charge is -2.09. The number of carbonyl (C=O) groups is 3. The Kier molecular flexibility index (Phi) is 6.61. The number of rotatable bonds is 6. The fourth-order valence-corrected chi connectivity index (χ4v) is 2.02. The summed E-state index contributed by atoms with van der Waals surface area (Å²) in [6, 6.07) is 12.2. The number of ether oxygens (including phenoxy) is 2. The van der Waals surface area contributed by atoms with Crippen LogP contribution in [0, 0.1) is 5.82 Å². The van der Waals surface area contributed by atoms with Gasteiger partial charge in [-0.05, 0) is 24.3 Å². The fraction of sp³-hybridized carbons (Fsp3) is 0.105. The van der Waals surface area contributed by atoms with Crippen molar-refractivity contribution in [3.05, 3.63) is 71.6 Å². The van der Waals surface area contributed by atoms with Gasteiger partial charge in [0.25, 0.3) is 5.91 Å². The molecule has 0 radical (unpaired) electrons. The van der Waals surface area contributed by atoms with E-state index in [1.54, 1.807) is 18.2 Å². The van der Waals surface area contributed by atoms with Crippen LogP contribution in [0.25, 0.3) is 6.08 Å². The van der Waals surface area contributed by atoms with Crippen LogP contribution >= 0.6 is 0 Å². The lowest BCUT2D eigenvalue weighted by atomic mass is 10.2. The predicted octanol–water partition coefficient (Wildman–Crippen LogP) is 2.81. The van der Waals surface area contributed by atoms with E-state index in [9.17, 15) is 18.8 Å². The lowest BCUT2D eigenvalue weighted by molar-refractivity contribution is -0.142. The van der Waals surface area contributed by atoms with Crippen LogP contribution in [0.5, 0.6) is 0 Å². The third-order valence-electron chi connectivity index (χ3n) is 3.26. The van der Waals surface area contributed by atoms with Crippen LogP contribution in [0.4, 0.5) is 10.1 Å². The summed E-state index contributed by atoms with van der Waals surface area (Å²) in [5.41, 5.74) is 0.636. The number of para-hydroxylation sites is 1. The van der Waals surface area contributed by atoms with E-state index in [0.717, 1.165) is 6.08 Å². The van der Waals surface area contributed by atoms with Crippen molar-refractivity contribution in [3.8, 4) is 0 Å². The van der Waals surface area contributed by atoms with Crippen LogP contribution in [0.15, 0.2) is 54.6 Å². The van der Waals surface area contributed by atoms with Crippen molar-refractivity contribution in [3.63, 3.8) is 0 Å². The van der Waals surface area contributed by atoms with E-state index < -0.39 is 30.3 Å². The zero-order chi connectivity index (χ0) is 18.9. The molecule has 0 aliphatic rings. The van der Waals surface area contributed by atoms with Gasteiger partial charge in [0, 0.05) is 11.6 Å². The van der Waals surface area contributed by atoms with Gasteiger partial charge in [-0.1, -0.05) is 30.3 Å². The van der Waals surface area contributed by atoms with Crippen LogP contribution in [-0.4, -0.2) is 31.6 Å². The molecule has 0 unspecified atom stereocenters. The predicted molar refractivity (Wildman–Crippen MR) is 92.8 cm³/mol. The van der Waals surface area contributed by atoms with Crippen molar-refractivity contribution in [2.45, 2.75) is 0 Å². The number of hydrogen-bond acceptors (Lipinski definition) is 5. The van der Waals surface area contributed by atoms with Gasteiger partial charge in [0.05, 0.1) is 18.4 Å². The first kappa shape index (κ1) is 18.9. The summed E-state index contributed by atoms with van der Waals surface area (Å²) in [5.74, 6) is -2.52. The summed E-state index contributed by atoms with van der Waals surface area (Å²) < 4.78 is 22.8. The second kappa shape index (κ2) is 9.12. The summed E-state index contributed by atoms with van der Waals surface area (Å²) in [6.07, 6.45) is 2.27. The summed E-state index contributed by atoms with van der Waals surface area (Å²) >= 11 is 0. The van der Waals surface area contributed by atoms with E-state index in [0.29, 0.717) is 0 Å². The Morgan fingerprint density at radius 1 is 1.08 bits per heavy atom. The van der Waals surface area contributed by atoms with E-state index in [-0.39, 0.29) is 16.8 Å². The van der Waals surface area contributed by atoms with Gasteiger partial charge in [0.2, 0.25) is 0 Å². The fourth-order valence-electron chi connectivity index (χ4n) is 2.02. The molecule has 1 amide bonds. The zero-order valence-corrected chi connectivity index (χ0v) is 13.9. The molecular weight excluding hydrogens is 341 g/mol. The highest BCUT2D eigenvalue weighted by Crippen LogP contribution is 2.16. The van der Waals surface area contributed by atoms with Crippen LogP contribution in [0.1, 0.15) is 15.9 Å². The minimum absolute atomic E-state index is 0.175. The van der Waals surface area contributed by atoms with E-state index in [4.69, 9.17) is 4.74 Å². The van der Waals surface area contributed by atoms with Crippen molar-refractivity contribution in [1.82, 2.24) is 0 Å². The smallest absolute Gasteiger partial charge is 0.339 e. The molecule has 6 nitrogen and oxygen atoms in total. The lowest BCUT2D eigenvalue weighted by Crippen LogP contribution is -2.21. The highest BCUT2D eigenvalue weighted by Gasteiger charge is 2.14. The molecule has 2 aromatic carbocycles. The van der Waals surface area contributed by atoms with E-state index >= 15 is 0 Å². The molecule has 0 bridgehead atoms. The zero-order valence-electron chi connectivity index (χ0n) is 13.9. The maximum Gasteiger partial charge on any atom is 0.339 e. The largest absolute Gasteiger partial charge is 0.465 e. The summed E-state index contributed by atoms with van der Waals surface area (Å²) in [5, 5.41) is 2.46. The molecule has 2 aromatic rings. The molecule has 0 saturated carbocycles. The Morgan fingerprint density at radius 3 is 2.50 bits per heavy atom. The Bertz CT molecular complexity index is 847. The average molecular weight is 357 g/mol. The van der Waals surface area contributed by atoms with Crippen molar-refractivity contribution in [2.75, 3.05) is 19.0 Å². The first-order valence-corrected chi connectivity index (χ1v) is 7.58. The highest BCUT2D eigenvalue weighted by atomic mass is 19.1. The number of amides is 1. The quantitative estimate of drug-likeness (QED) is 0.635. The second-order valence-corrected chi connectivity index (χ2v) is 5.05. The summed E-state index contributed by atoms with van der Waals surface area (Å²) in [7, 11) is 1.23. The Balaban J connectivity index is 1.90. The maximum absolute atomic E-state index is 13.4. The summed E-state index contributed by atoms with van der Waals surface area (Å²) in [4.78, 5) is 35.1. The normalized spacial score (nSPS) is 10.4. The minimum Gasteiger partial charge on any atom is -0.465 e. The molecule has 0 aliphatic carbocycles. The van der Waals surface area contributed by atoms with Gasteiger partial charge >= 0.3 is 11.9 Å². The number of benzene rings is 2. The van der Waals surface area contributed by atoms with Crippen LogP contribution in [-0.2, 0) is 19.1 Å². The van der Waals surface area contributed by atoms with Crippen molar-refractivity contribution >= 4 is 29.6 Å². The van der Waals surface area contributed by atoms with E-state index in [2.05, 4.69) is 10.1 Å². The topological polar surface area (TPSA) is 81.7 Å². The van der Waals surface area contributed by atoms with Gasteiger partial charge in [-0.15, -0.1) is 0 Å². The molecule has 26 heavy (non-hydrogen) atoms. The number of esters is 2. The van der Waals surface area contributed by atoms with Crippen molar-refractivity contribution in [2.24, 2.45) is 0 Å². The minimum atomic E-state index is -0.801. The first-order chi connectivity index (χ1) is 12.5. The van der Waals surface area contributed by atoms with Gasteiger partial charge in [-0.25, -0.2) is 14.0 Å². The monoisotopic (exact) mass is 357 g/mol. The van der Waals surface area contributed by atoms with Crippen molar-refractivity contribution < 1.29 is 28.2 Å². The molecule has 1 N–H and O–H groups in total. The highest BCUT2D eigenvalue weighted by molar-refractivity contribution is 6.02. The SMILES string of the molecule is COC(=O)c1ccccc1NC(=O)COC(=O)/C=C/c1ccccc1F. The Hall–Kier alpha value is -3.48. The third kappa shape index (κ3) is 5.27. The van der Waals surface area contributed by atoms with Crippen LogP contribution < -0.4 is 5.32 Å². The van der Waals surface area contributed by atoms with Gasteiger partial charge < -0.3 is 14.8 Å².